The lowest BCUT2D eigenvalue weighted by molar-refractivity contribution is -0.133. The van der Waals surface area contributed by atoms with Crippen molar-refractivity contribution < 1.29 is 9.53 Å². The van der Waals surface area contributed by atoms with Gasteiger partial charge >= 0.3 is 0 Å². The standard InChI is InChI=1S/C22H29N7O2/c1-15(2)13-17(23)22(30)28-11-9-27(10-12-28)20-7-6-19-25-14-18(29(19)26-20)16-5-4-8-24-21(16)31-3/h4-8,14-15,17H,9-13,23H2,1-3H3/t17-/m0/s1. The van der Waals surface area contributed by atoms with Crippen LogP contribution in [-0.2, 0) is 4.79 Å². The maximum absolute atomic E-state index is 12.6. The molecule has 9 nitrogen and oxygen atoms in total. The number of hydrogen-bond donors (Lipinski definition) is 1. The van der Waals surface area contributed by atoms with Crippen molar-refractivity contribution in [1.82, 2.24) is 24.5 Å². The van der Waals surface area contributed by atoms with E-state index in [1.54, 1.807) is 19.5 Å². The summed E-state index contributed by atoms with van der Waals surface area (Å²) in [6, 6.07) is 7.29. The van der Waals surface area contributed by atoms with E-state index in [0.717, 1.165) is 22.7 Å². The summed E-state index contributed by atoms with van der Waals surface area (Å²) >= 11 is 0. The minimum atomic E-state index is -0.427. The van der Waals surface area contributed by atoms with Crippen molar-refractivity contribution in [2.24, 2.45) is 11.7 Å². The normalized spacial score (nSPS) is 15.5. The molecule has 0 spiro atoms. The number of amides is 1. The van der Waals surface area contributed by atoms with Crippen molar-refractivity contribution in [3.63, 3.8) is 0 Å². The molecule has 0 bridgehead atoms. The lowest BCUT2D eigenvalue weighted by atomic mass is 10.0. The number of aromatic nitrogens is 4. The molecule has 1 fully saturated rings. The van der Waals surface area contributed by atoms with Crippen LogP contribution in [0.2, 0.25) is 0 Å². The first-order chi connectivity index (χ1) is 15.0. The van der Waals surface area contributed by atoms with Crippen molar-refractivity contribution in [2.75, 3.05) is 38.2 Å². The first-order valence-electron chi connectivity index (χ1n) is 10.6. The van der Waals surface area contributed by atoms with Gasteiger partial charge in [-0.15, -0.1) is 5.10 Å². The van der Waals surface area contributed by atoms with E-state index in [0.29, 0.717) is 44.4 Å². The second-order valence-electron chi connectivity index (χ2n) is 8.21. The predicted molar refractivity (Wildman–Crippen MR) is 119 cm³/mol. The minimum Gasteiger partial charge on any atom is -0.481 e. The first kappa shape index (κ1) is 21.0. The Kier molecular flexibility index (Phi) is 6.03. The number of pyridine rings is 1. The van der Waals surface area contributed by atoms with E-state index in [9.17, 15) is 4.79 Å². The molecule has 0 aromatic carbocycles. The van der Waals surface area contributed by atoms with Gasteiger partial charge in [0.25, 0.3) is 0 Å². The summed E-state index contributed by atoms with van der Waals surface area (Å²) in [6.45, 7) is 6.85. The van der Waals surface area contributed by atoms with Crippen LogP contribution in [0.5, 0.6) is 5.88 Å². The van der Waals surface area contributed by atoms with E-state index in [1.165, 1.54) is 0 Å². The fourth-order valence-electron chi connectivity index (χ4n) is 3.96. The number of anilines is 1. The molecule has 1 aliphatic heterocycles. The molecule has 1 saturated heterocycles. The second-order valence-corrected chi connectivity index (χ2v) is 8.21. The number of carbonyl (C=O) groups is 1. The van der Waals surface area contributed by atoms with Gasteiger partial charge in [0.1, 0.15) is 5.82 Å². The Labute approximate surface area is 181 Å². The zero-order chi connectivity index (χ0) is 22.0. The molecular formula is C22H29N7O2. The number of nitrogens with zero attached hydrogens (tertiary/aromatic N) is 6. The fraction of sp³-hybridized carbons (Fsp3) is 0.455. The number of carbonyl (C=O) groups excluding carboxylic acids is 1. The van der Waals surface area contributed by atoms with Gasteiger partial charge in [0.05, 0.1) is 30.6 Å². The van der Waals surface area contributed by atoms with Gasteiger partial charge in [-0.2, -0.15) is 0 Å². The smallest absolute Gasteiger partial charge is 0.239 e. The van der Waals surface area contributed by atoms with Gasteiger partial charge in [0.2, 0.25) is 11.8 Å². The summed E-state index contributed by atoms with van der Waals surface area (Å²) in [7, 11) is 1.60. The highest BCUT2D eigenvalue weighted by molar-refractivity contribution is 5.82. The number of imidazole rings is 1. The number of nitrogens with two attached hydrogens (primary N) is 1. The van der Waals surface area contributed by atoms with Crippen molar-refractivity contribution in [3.8, 4) is 17.1 Å². The monoisotopic (exact) mass is 423 g/mol. The quantitative estimate of drug-likeness (QED) is 0.645. The Morgan fingerprint density at radius 3 is 2.65 bits per heavy atom. The molecule has 31 heavy (non-hydrogen) atoms. The summed E-state index contributed by atoms with van der Waals surface area (Å²) in [5.41, 5.74) is 8.49. The Morgan fingerprint density at radius 2 is 1.94 bits per heavy atom. The first-order valence-corrected chi connectivity index (χ1v) is 10.6. The Hall–Kier alpha value is -3.20. The van der Waals surface area contributed by atoms with Gasteiger partial charge in [-0.05, 0) is 36.6 Å². The molecular weight excluding hydrogens is 394 g/mol. The van der Waals surface area contributed by atoms with Crippen molar-refractivity contribution >= 4 is 17.4 Å². The topological polar surface area (TPSA) is 102 Å². The summed E-state index contributed by atoms with van der Waals surface area (Å²) in [6.07, 6.45) is 4.18. The predicted octanol–water partition coefficient (Wildman–Crippen LogP) is 1.82. The molecule has 0 aliphatic carbocycles. The molecule has 3 aromatic rings. The molecule has 0 saturated carbocycles. The van der Waals surface area contributed by atoms with Gasteiger partial charge in [-0.3, -0.25) is 4.79 Å². The van der Waals surface area contributed by atoms with Gasteiger partial charge < -0.3 is 20.3 Å². The summed E-state index contributed by atoms with van der Waals surface area (Å²) in [4.78, 5) is 25.4. The van der Waals surface area contributed by atoms with Gasteiger partial charge in [0.15, 0.2) is 5.65 Å². The molecule has 164 valence electrons. The highest BCUT2D eigenvalue weighted by Crippen LogP contribution is 2.28. The van der Waals surface area contributed by atoms with Crippen molar-refractivity contribution in [3.05, 3.63) is 36.7 Å². The number of ether oxygens (including phenoxy) is 1. The summed E-state index contributed by atoms with van der Waals surface area (Å²) in [5.74, 6) is 1.81. The Bertz CT molecular complexity index is 1060. The lowest BCUT2D eigenvalue weighted by Crippen LogP contribution is -2.53. The summed E-state index contributed by atoms with van der Waals surface area (Å²) in [5, 5.41) is 4.82. The van der Waals surface area contributed by atoms with Gasteiger partial charge in [-0.1, -0.05) is 13.8 Å². The third kappa shape index (κ3) is 4.32. The second kappa shape index (κ2) is 8.89. The van der Waals surface area contributed by atoms with E-state index in [2.05, 4.69) is 28.7 Å². The molecule has 0 unspecified atom stereocenters. The van der Waals surface area contributed by atoms with Crippen LogP contribution in [0.3, 0.4) is 0 Å². The van der Waals surface area contributed by atoms with E-state index in [1.807, 2.05) is 33.7 Å². The molecule has 9 heteroatoms. The van der Waals surface area contributed by atoms with Crippen LogP contribution in [0.15, 0.2) is 36.7 Å². The third-order valence-corrected chi connectivity index (χ3v) is 5.55. The van der Waals surface area contributed by atoms with Crippen LogP contribution in [0.4, 0.5) is 5.82 Å². The zero-order valence-electron chi connectivity index (χ0n) is 18.2. The molecule has 4 rings (SSSR count). The van der Waals surface area contributed by atoms with E-state index < -0.39 is 6.04 Å². The molecule has 0 radical (unpaired) electrons. The van der Waals surface area contributed by atoms with E-state index in [4.69, 9.17) is 15.6 Å². The highest BCUT2D eigenvalue weighted by atomic mass is 16.5. The number of hydrogen-bond acceptors (Lipinski definition) is 7. The van der Waals surface area contributed by atoms with Crippen LogP contribution in [-0.4, -0.2) is 69.7 Å². The van der Waals surface area contributed by atoms with Crippen molar-refractivity contribution in [2.45, 2.75) is 26.3 Å². The largest absolute Gasteiger partial charge is 0.481 e. The highest BCUT2D eigenvalue weighted by Gasteiger charge is 2.26. The minimum absolute atomic E-state index is 0.0392. The zero-order valence-corrected chi connectivity index (χ0v) is 18.2. The van der Waals surface area contributed by atoms with E-state index >= 15 is 0 Å². The number of rotatable bonds is 6. The maximum atomic E-state index is 12.6. The lowest BCUT2D eigenvalue weighted by Gasteiger charge is -2.36. The number of fused-ring (bicyclic) bond motifs is 1. The fourth-order valence-corrected chi connectivity index (χ4v) is 3.96. The average Bonchev–Trinajstić information content (AvgIpc) is 3.21. The van der Waals surface area contributed by atoms with Crippen LogP contribution < -0.4 is 15.4 Å². The van der Waals surface area contributed by atoms with E-state index in [-0.39, 0.29) is 5.91 Å². The molecule has 1 aliphatic rings. The van der Waals surface area contributed by atoms with Crippen molar-refractivity contribution in [1.29, 1.82) is 0 Å². The number of piperazine rings is 1. The maximum Gasteiger partial charge on any atom is 0.239 e. The molecule has 1 amide bonds. The molecule has 3 aromatic heterocycles. The number of methoxy groups -OCH3 is 1. The average molecular weight is 424 g/mol. The van der Waals surface area contributed by atoms with Crippen LogP contribution in [0.25, 0.3) is 16.9 Å². The van der Waals surface area contributed by atoms with Crippen LogP contribution in [0.1, 0.15) is 20.3 Å². The third-order valence-electron chi connectivity index (χ3n) is 5.55. The van der Waals surface area contributed by atoms with Crippen LogP contribution in [0, 0.1) is 5.92 Å². The summed E-state index contributed by atoms with van der Waals surface area (Å²) < 4.78 is 7.21. The molecule has 4 heterocycles. The molecule has 1 atom stereocenters. The van der Waals surface area contributed by atoms with Gasteiger partial charge in [0, 0.05) is 32.4 Å². The van der Waals surface area contributed by atoms with Gasteiger partial charge in [-0.25, -0.2) is 14.5 Å². The van der Waals surface area contributed by atoms with Crippen LogP contribution >= 0.6 is 0 Å². The Morgan fingerprint density at radius 1 is 1.16 bits per heavy atom. The SMILES string of the molecule is COc1ncccc1-c1cnc2ccc(N3CCN(C(=O)[C@@H](N)CC(C)C)CC3)nn12. The Balaban J connectivity index is 1.52. The molecule has 2 N–H and O–H groups in total.